The molecule has 1 spiro atoms. The van der Waals surface area contributed by atoms with Gasteiger partial charge in [0.05, 0.1) is 32.0 Å². The average molecular weight is 686 g/mol. The van der Waals surface area contributed by atoms with Crippen molar-refractivity contribution in [2.45, 2.75) is 89.3 Å². The highest BCUT2D eigenvalue weighted by Gasteiger charge is 2.41. The van der Waals surface area contributed by atoms with E-state index in [2.05, 4.69) is 45.9 Å². The van der Waals surface area contributed by atoms with Gasteiger partial charge in [-0.15, -0.1) is 0 Å². The van der Waals surface area contributed by atoms with Gasteiger partial charge in [-0.3, -0.25) is 9.59 Å². The van der Waals surface area contributed by atoms with Crippen LogP contribution in [0.15, 0.2) is 72.8 Å². The second kappa shape index (κ2) is 17.5. The number of nitrogens with one attached hydrogen (secondary N) is 2. The van der Waals surface area contributed by atoms with E-state index in [4.69, 9.17) is 18.9 Å². The van der Waals surface area contributed by atoms with Crippen LogP contribution in [-0.2, 0) is 41.7 Å². The Morgan fingerprint density at radius 2 is 1.58 bits per heavy atom. The summed E-state index contributed by atoms with van der Waals surface area (Å²) in [7, 11) is 0. The van der Waals surface area contributed by atoms with E-state index >= 15 is 0 Å². The van der Waals surface area contributed by atoms with Gasteiger partial charge in [0.25, 0.3) is 0 Å². The third-order valence-electron chi connectivity index (χ3n) is 9.87. The molecule has 3 saturated heterocycles. The Hall–Kier alpha value is -3.64. The van der Waals surface area contributed by atoms with Crippen molar-refractivity contribution < 1.29 is 33.6 Å². The van der Waals surface area contributed by atoms with Gasteiger partial charge < -0.3 is 39.6 Å². The van der Waals surface area contributed by atoms with E-state index in [-0.39, 0.29) is 30.6 Å². The molecule has 0 aliphatic carbocycles. The molecule has 0 radical (unpaired) electrons. The summed E-state index contributed by atoms with van der Waals surface area (Å²) in [6.07, 6.45) is 4.74. The summed E-state index contributed by atoms with van der Waals surface area (Å²) >= 11 is 0. The van der Waals surface area contributed by atoms with E-state index in [1.165, 1.54) is 6.92 Å². The van der Waals surface area contributed by atoms with E-state index < -0.39 is 12.1 Å². The van der Waals surface area contributed by atoms with Gasteiger partial charge in [0.2, 0.25) is 11.8 Å². The fourth-order valence-electron chi connectivity index (χ4n) is 7.05. The normalized spacial score (nSPS) is 22.0. The second-order valence-corrected chi connectivity index (χ2v) is 13.7. The lowest BCUT2D eigenvalue weighted by Crippen LogP contribution is -2.48. The van der Waals surface area contributed by atoms with Crippen LogP contribution in [0.5, 0.6) is 0 Å². The summed E-state index contributed by atoms with van der Waals surface area (Å²) in [6.45, 7) is 6.56. The Bertz CT molecular complexity index is 1550. The van der Waals surface area contributed by atoms with E-state index in [0.717, 1.165) is 91.5 Å². The van der Waals surface area contributed by atoms with Gasteiger partial charge in [0, 0.05) is 70.9 Å². The second-order valence-electron chi connectivity index (χ2n) is 13.7. The van der Waals surface area contributed by atoms with Crippen molar-refractivity contribution >= 4 is 11.8 Å². The van der Waals surface area contributed by atoms with Gasteiger partial charge in [0.15, 0.2) is 12.1 Å². The van der Waals surface area contributed by atoms with Crippen molar-refractivity contribution in [3.8, 4) is 11.1 Å². The summed E-state index contributed by atoms with van der Waals surface area (Å²) in [6, 6.07) is 24.6. The summed E-state index contributed by atoms with van der Waals surface area (Å²) in [4.78, 5) is 25.9. The zero-order valence-corrected chi connectivity index (χ0v) is 29.1. The number of amides is 2. The van der Waals surface area contributed by atoms with Crippen LogP contribution in [0.1, 0.15) is 86.5 Å². The fourth-order valence-corrected chi connectivity index (χ4v) is 7.05. The van der Waals surface area contributed by atoms with Crippen LogP contribution < -0.4 is 10.6 Å². The van der Waals surface area contributed by atoms with Crippen molar-refractivity contribution in [3.05, 3.63) is 95.1 Å². The Morgan fingerprint density at radius 3 is 2.32 bits per heavy atom. The molecule has 0 unspecified atom stereocenters. The predicted molar refractivity (Wildman–Crippen MR) is 190 cm³/mol. The molecule has 3 atom stereocenters. The van der Waals surface area contributed by atoms with Gasteiger partial charge >= 0.3 is 0 Å². The topological polar surface area (TPSA) is 119 Å². The lowest BCUT2D eigenvalue weighted by molar-refractivity contribution is -0.255. The molecule has 3 aliphatic heterocycles. The van der Waals surface area contributed by atoms with Crippen molar-refractivity contribution in [1.29, 1.82) is 0 Å². The standard InChI is InChI=1S/C40H51N3O7/c1-29(45)41-18-4-2-3-11-38(46)42-26-31-7-5-8-33(23-31)34-9-6-10-35(24-34)39-49-36(25-37(50-39)32-14-12-30(28-44)13-15-32)27-43-19-16-40(17-20-43)47-21-22-48-40/h5-10,12-15,23-24,36-37,39,44H,2-4,11,16-22,25-28H2,1H3,(H,41,45)(H,42,46)/t36-,37+,39+/m1/s1. The number of aliphatic hydroxyl groups is 1. The van der Waals surface area contributed by atoms with Crippen LogP contribution in [0.2, 0.25) is 0 Å². The number of likely N-dealkylation sites (tertiary alicyclic amines) is 1. The van der Waals surface area contributed by atoms with Crippen LogP contribution in [0.3, 0.4) is 0 Å². The number of carbonyl (C=O) groups excluding carboxylic acids is 2. The molecule has 0 saturated carbocycles. The summed E-state index contributed by atoms with van der Waals surface area (Å²) in [5.41, 5.74) is 6.02. The largest absolute Gasteiger partial charge is 0.392 e. The van der Waals surface area contributed by atoms with E-state index in [0.29, 0.717) is 32.7 Å². The highest BCUT2D eigenvalue weighted by Crippen LogP contribution is 2.40. The summed E-state index contributed by atoms with van der Waals surface area (Å²) in [5, 5.41) is 15.4. The van der Waals surface area contributed by atoms with Crippen LogP contribution in [-0.4, -0.2) is 73.1 Å². The lowest BCUT2D eigenvalue weighted by Gasteiger charge is -2.41. The number of aliphatic hydroxyl groups excluding tert-OH is 1. The molecule has 268 valence electrons. The first-order valence-electron chi connectivity index (χ1n) is 18.1. The molecular formula is C40H51N3O7. The molecule has 6 rings (SSSR count). The van der Waals surface area contributed by atoms with Crippen LogP contribution in [0.25, 0.3) is 11.1 Å². The molecule has 3 aliphatic rings. The maximum Gasteiger partial charge on any atom is 0.220 e. The number of hydrogen-bond donors (Lipinski definition) is 3. The Labute approximate surface area is 295 Å². The number of ether oxygens (including phenoxy) is 4. The van der Waals surface area contributed by atoms with Crippen LogP contribution >= 0.6 is 0 Å². The highest BCUT2D eigenvalue weighted by atomic mass is 16.7. The molecule has 0 aromatic heterocycles. The zero-order chi connectivity index (χ0) is 34.8. The lowest BCUT2D eigenvalue weighted by atomic mass is 9.97. The smallest absolute Gasteiger partial charge is 0.220 e. The van der Waals surface area contributed by atoms with Gasteiger partial charge in [-0.2, -0.15) is 0 Å². The number of benzene rings is 3. The third kappa shape index (κ3) is 9.99. The van der Waals surface area contributed by atoms with Crippen molar-refractivity contribution in [3.63, 3.8) is 0 Å². The monoisotopic (exact) mass is 685 g/mol. The minimum absolute atomic E-state index is 0.00648. The first-order chi connectivity index (χ1) is 24.4. The quantitative estimate of drug-likeness (QED) is 0.189. The van der Waals surface area contributed by atoms with E-state index in [9.17, 15) is 14.7 Å². The van der Waals surface area contributed by atoms with Crippen molar-refractivity contribution in [2.75, 3.05) is 39.4 Å². The van der Waals surface area contributed by atoms with Gasteiger partial charge in [-0.05, 0) is 52.8 Å². The molecule has 3 N–H and O–H groups in total. The minimum Gasteiger partial charge on any atom is -0.392 e. The van der Waals surface area contributed by atoms with Crippen LogP contribution in [0, 0.1) is 0 Å². The number of rotatable bonds is 14. The van der Waals surface area contributed by atoms with E-state index in [1.807, 2.05) is 42.5 Å². The number of nitrogens with zero attached hydrogens (tertiary/aromatic N) is 1. The molecule has 3 aromatic carbocycles. The number of unbranched alkanes of at least 4 members (excludes halogenated alkanes) is 2. The zero-order valence-electron chi connectivity index (χ0n) is 29.1. The summed E-state index contributed by atoms with van der Waals surface area (Å²) in [5.74, 6) is -0.404. The molecule has 0 bridgehead atoms. The maximum atomic E-state index is 12.5. The molecule has 2 amide bonds. The number of carbonyl (C=O) groups is 2. The average Bonchev–Trinajstić information content (AvgIpc) is 3.61. The maximum absolute atomic E-state index is 12.5. The molecule has 10 nitrogen and oxygen atoms in total. The van der Waals surface area contributed by atoms with Gasteiger partial charge in [0.1, 0.15) is 0 Å². The van der Waals surface area contributed by atoms with Gasteiger partial charge in [-0.25, -0.2) is 0 Å². The number of hydrogen-bond acceptors (Lipinski definition) is 8. The molecule has 50 heavy (non-hydrogen) atoms. The number of piperidine rings is 1. The predicted octanol–water partition coefficient (Wildman–Crippen LogP) is 5.54. The van der Waals surface area contributed by atoms with Crippen molar-refractivity contribution in [1.82, 2.24) is 15.5 Å². The SMILES string of the molecule is CC(=O)NCCCCCC(=O)NCc1cccc(-c2cccc([C@H]3O[C@@H](CN4CCC5(CC4)OCCO5)C[C@@H](c4ccc(CO)cc4)O3)c2)c1. The third-order valence-corrected chi connectivity index (χ3v) is 9.87. The van der Waals surface area contributed by atoms with Gasteiger partial charge in [-0.1, -0.05) is 67.1 Å². The van der Waals surface area contributed by atoms with E-state index in [1.54, 1.807) is 0 Å². The summed E-state index contributed by atoms with van der Waals surface area (Å²) < 4.78 is 25.3. The molecule has 3 heterocycles. The highest BCUT2D eigenvalue weighted by molar-refractivity contribution is 5.76. The minimum atomic E-state index is -0.547. The Balaban J connectivity index is 1.09. The van der Waals surface area contributed by atoms with Crippen molar-refractivity contribution in [2.24, 2.45) is 0 Å². The molecule has 10 heteroatoms. The van der Waals surface area contributed by atoms with Crippen LogP contribution in [0.4, 0.5) is 0 Å². The molecule has 3 aromatic rings. The Morgan fingerprint density at radius 1 is 0.840 bits per heavy atom. The fraction of sp³-hybridized carbons (Fsp3) is 0.500. The molecular weight excluding hydrogens is 634 g/mol. The first-order valence-corrected chi connectivity index (χ1v) is 18.1. The first kappa shape index (κ1) is 36.2. The Kier molecular flexibility index (Phi) is 12.7. The molecule has 3 fully saturated rings.